The number of piperazine rings is 1. The van der Waals surface area contributed by atoms with Crippen LogP contribution in [0, 0.1) is 13.8 Å². The number of nitrogens with zero attached hydrogens (tertiary/aromatic N) is 5. The SMILES string of the molecule is Cc1cc2c(C)c(Oc3nc(Nc4cc(C(C)C)no4)cc(N4CCN(C)CC4)n3)ccc2[nH]1. The molecular formula is C25H31N7O2. The fraction of sp³-hybridized carbons (Fsp3) is 0.400. The summed E-state index contributed by atoms with van der Waals surface area (Å²) in [6.07, 6.45) is 0. The van der Waals surface area contributed by atoms with Crippen LogP contribution in [0.2, 0.25) is 0 Å². The highest BCUT2D eigenvalue weighted by Gasteiger charge is 2.19. The molecule has 0 saturated carbocycles. The highest BCUT2D eigenvalue weighted by atomic mass is 16.5. The first-order valence-corrected chi connectivity index (χ1v) is 11.7. The maximum Gasteiger partial charge on any atom is 0.325 e. The van der Waals surface area contributed by atoms with Crippen molar-refractivity contribution >= 4 is 28.4 Å². The Morgan fingerprint density at radius 3 is 2.59 bits per heavy atom. The predicted molar refractivity (Wildman–Crippen MR) is 133 cm³/mol. The molecule has 1 aromatic carbocycles. The molecule has 1 fully saturated rings. The highest BCUT2D eigenvalue weighted by Crippen LogP contribution is 2.32. The summed E-state index contributed by atoms with van der Waals surface area (Å²) in [5, 5.41) is 8.50. The van der Waals surface area contributed by atoms with Gasteiger partial charge in [0.2, 0.25) is 5.88 Å². The van der Waals surface area contributed by atoms with Crippen molar-refractivity contribution in [3.05, 3.63) is 47.3 Å². The molecule has 0 bridgehead atoms. The summed E-state index contributed by atoms with van der Waals surface area (Å²) in [5.74, 6) is 2.97. The van der Waals surface area contributed by atoms with Gasteiger partial charge in [-0.1, -0.05) is 19.0 Å². The largest absolute Gasteiger partial charge is 0.424 e. The Morgan fingerprint density at radius 1 is 1.06 bits per heavy atom. The van der Waals surface area contributed by atoms with E-state index in [-0.39, 0.29) is 11.9 Å². The maximum atomic E-state index is 6.24. The fourth-order valence-electron chi connectivity index (χ4n) is 4.14. The summed E-state index contributed by atoms with van der Waals surface area (Å²) in [6, 6.07) is 10.2. The van der Waals surface area contributed by atoms with Crippen molar-refractivity contribution < 1.29 is 9.26 Å². The Hall–Kier alpha value is -3.59. The smallest absolute Gasteiger partial charge is 0.325 e. The molecule has 0 radical (unpaired) electrons. The first-order chi connectivity index (χ1) is 16.4. The molecule has 9 nitrogen and oxygen atoms in total. The zero-order chi connectivity index (χ0) is 23.8. The molecular weight excluding hydrogens is 430 g/mol. The van der Waals surface area contributed by atoms with E-state index in [9.17, 15) is 0 Å². The minimum atomic E-state index is 0.277. The Bertz CT molecular complexity index is 1300. The van der Waals surface area contributed by atoms with Gasteiger partial charge >= 0.3 is 6.01 Å². The van der Waals surface area contributed by atoms with Crippen LogP contribution in [0.5, 0.6) is 11.8 Å². The molecule has 4 aromatic rings. The van der Waals surface area contributed by atoms with Crippen LogP contribution in [0.3, 0.4) is 0 Å². The number of aromatic amines is 1. The molecule has 178 valence electrons. The van der Waals surface area contributed by atoms with E-state index in [1.807, 2.05) is 24.3 Å². The molecule has 34 heavy (non-hydrogen) atoms. The molecule has 2 N–H and O–H groups in total. The van der Waals surface area contributed by atoms with Crippen LogP contribution in [0.15, 0.2) is 34.9 Å². The summed E-state index contributed by atoms with van der Waals surface area (Å²) >= 11 is 0. The lowest BCUT2D eigenvalue weighted by molar-refractivity contribution is 0.311. The highest BCUT2D eigenvalue weighted by molar-refractivity contribution is 5.86. The van der Waals surface area contributed by atoms with Gasteiger partial charge in [0.05, 0.1) is 5.69 Å². The van der Waals surface area contributed by atoms with Gasteiger partial charge in [0, 0.05) is 60.5 Å². The number of aromatic nitrogens is 4. The number of rotatable bonds is 6. The van der Waals surface area contributed by atoms with Gasteiger partial charge < -0.3 is 29.4 Å². The molecule has 0 amide bonds. The number of H-pyrrole nitrogens is 1. The van der Waals surface area contributed by atoms with E-state index in [1.165, 1.54) is 0 Å². The number of aryl methyl sites for hydroxylation is 2. The molecule has 3 aromatic heterocycles. The number of hydrogen-bond acceptors (Lipinski definition) is 8. The minimum Gasteiger partial charge on any atom is -0.424 e. The van der Waals surface area contributed by atoms with Crippen molar-refractivity contribution in [3.63, 3.8) is 0 Å². The molecule has 1 aliphatic rings. The standard InChI is InChI=1S/C25H31N7O2/c1-15(2)20-13-24(34-30-20)27-22-14-23(32-10-8-31(5)9-11-32)29-25(28-22)33-21-7-6-19-18(17(21)4)12-16(3)26-19/h6-7,12-15,26H,8-11H2,1-5H3,(H,27,28,29). The van der Waals surface area contributed by atoms with Crippen LogP contribution in [0.4, 0.5) is 17.5 Å². The number of hydrogen-bond donors (Lipinski definition) is 2. The quantitative estimate of drug-likeness (QED) is 0.415. The van der Waals surface area contributed by atoms with Crippen molar-refractivity contribution in [2.45, 2.75) is 33.6 Å². The van der Waals surface area contributed by atoms with Gasteiger partial charge in [-0.05, 0) is 45.0 Å². The fourth-order valence-corrected chi connectivity index (χ4v) is 4.14. The number of benzene rings is 1. The molecule has 9 heteroatoms. The van der Waals surface area contributed by atoms with Crippen molar-refractivity contribution in [3.8, 4) is 11.8 Å². The maximum absolute atomic E-state index is 6.24. The van der Waals surface area contributed by atoms with Crippen molar-refractivity contribution in [2.24, 2.45) is 0 Å². The molecule has 0 spiro atoms. The number of ether oxygens (including phenoxy) is 1. The van der Waals surface area contributed by atoms with E-state index in [2.05, 4.69) is 71.1 Å². The third-order valence-electron chi connectivity index (χ3n) is 6.25. The third-order valence-corrected chi connectivity index (χ3v) is 6.25. The normalized spacial score (nSPS) is 14.8. The third kappa shape index (κ3) is 4.56. The van der Waals surface area contributed by atoms with E-state index in [1.54, 1.807) is 0 Å². The van der Waals surface area contributed by atoms with Gasteiger partial charge in [0.25, 0.3) is 0 Å². The van der Waals surface area contributed by atoms with Gasteiger partial charge in [-0.3, -0.25) is 0 Å². The van der Waals surface area contributed by atoms with Crippen molar-refractivity contribution in [2.75, 3.05) is 43.4 Å². The van der Waals surface area contributed by atoms with Crippen LogP contribution in [-0.4, -0.2) is 58.2 Å². The number of fused-ring (bicyclic) bond motifs is 1. The predicted octanol–water partition coefficient (Wildman–Crippen LogP) is 4.97. The van der Waals surface area contributed by atoms with Gasteiger partial charge in [-0.15, -0.1) is 0 Å². The van der Waals surface area contributed by atoms with Crippen LogP contribution in [0.25, 0.3) is 10.9 Å². The summed E-state index contributed by atoms with van der Waals surface area (Å²) in [5.41, 5.74) is 4.13. The lowest BCUT2D eigenvalue weighted by atomic mass is 10.1. The lowest BCUT2D eigenvalue weighted by Crippen LogP contribution is -2.44. The van der Waals surface area contributed by atoms with Crippen LogP contribution in [0.1, 0.15) is 36.7 Å². The first-order valence-electron chi connectivity index (χ1n) is 11.7. The molecule has 0 unspecified atom stereocenters. The average Bonchev–Trinajstić information content (AvgIpc) is 3.43. The number of anilines is 3. The van der Waals surface area contributed by atoms with Crippen LogP contribution >= 0.6 is 0 Å². The number of nitrogens with one attached hydrogen (secondary N) is 2. The van der Waals surface area contributed by atoms with Gasteiger partial charge in [-0.2, -0.15) is 9.97 Å². The Labute approximate surface area is 199 Å². The van der Waals surface area contributed by atoms with E-state index < -0.39 is 0 Å². The Kier molecular flexibility index (Phi) is 5.87. The average molecular weight is 462 g/mol. The zero-order valence-electron chi connectivity index (χ0n) is 20.3. The van der Waals surface area contributed by atoms with Crippen molar-refractivity contribution in [1.82, 2.24) is 25.0 Å². The topological polar surface area (TPSA) is 95.3 Å². The second-order valence-electron chi connectivity index (χ2n) is 9.28. The monoisotopic (exact) mass is 461 g/mol. The van der Waals surface area contributed by atoms with E-state index in [4.69, 9.17) is 14.2 Å². The van der Waals surface area contributed by atoms with E-state index >= 15 is 0 Å². The molecule has 4 heterocycles. The van der Waals surface area contributed by atoms with Gasteiger partial charge in [0.15, 0.2) is 0 Å². The Morgan fingerprint density at radius 2 is 1.85 bits per heavy atom. The summed E-state index contributed by atoms with van der Waals surface area (Å²) in [7, 11) is 2.14. The summed E-state index contributed by atoms with van der Waals surface area (Å²) in [4.78, 5) is 17.3. The van der Waals surface area contributed by atoms with Crippen molar-refractivity contribution in [1.29, 1.82) is 0 Å². The van der Waals surface area contributed by atoms with Crippen LogP contribution in [-0.2, 0) is 0 Å². The van der Waals surface area contributed by atoms with Gasteiger partial charge in [0.1, 0.15) is 17.4 Å². The molecule has 0 atom stereocenters. The second kappa shape index (κ2) is 8.98. The van der Waals surface area contributed by atoms with Gasteiger partial charge in [-0.25, -0.2) is 0 Å². The molecule has 5 rings (SSSR count). The molecule has 1 saturated heterocycles. The summed E-state index contributed by atoms with van der Waals surface area (Å²) in [6.45, 7) is 12.0. The molecule has 1 aliphatic heterocycles. The first kappa shape index (κ1) is 22.2. The Balaban J connectivity index is 1.48. The number of likely N-dealkylation sites (N-methyl/N-ethyl adjacent to an activating group) is 1. The minimum absolute atomic E-state index is 0.277. The van der Waals surface area contributed by atoms with Crippen LogP contribution < -0.4 is 15.0 Å². The van der Waals surface area contributed by atoms with E-state index in [0.717, 1.165) is 65.6 Å². The molecule has 0 aliphatic carbocycles. The lowest BCUT2D eigenvalue weighted by Gasteiger charge is -2.33. The second-order valence-corrected chi connectivity index (χ2v) is 9.28. The summed E-state index contributed by atoms with van der Waals surface area (Å²) < 4.78 is 11.7. The zero-order valence-corrected chi connectivity index (χ0v) is 20.3. The van der Waals surface area contributed by atoms with E-state index in [0.29, 0.717) is 11.7 Å².